The number of phenolic OH excluding ortho intramolecular Hbond substituents is 1. The molecular formula is C11H17NO3. The molecule has 84 valence electrons. The van der Waals surface area contributed by atoms with E-state index in [0.717, 1.165) is 5.56 Å². The topological polar surface area (TPSA) is 64.7 Å². The zero-order valence-electron chi connectivity index (χ0n) is 9.28. The van der Waals surface area contributed by atoms with E-state index in [1.165, 1.54) is 14.2 Å². The molecular weight excluding hydrogens is 194 g/mol. The molecule has 0 saturated heterocycles. The number of phenols is 1. The van der Waals surface area contributed by atoms with Crippen molar-refractivity contribution >= 4 is 0 Å². The lowest BCUT2D eigenvalue weighted by Crippen LogP contribution is -2.17. The van der Waals surface area contributed by atoms with Crippen LogP contribution in [-0.4, -0.2) is 25.4 Å². The highest BCUT2D eigenvalue weighted by molar-refractivity contribution is 5.55. The highest BCUT2D eigenvalue weighted by Gasteiger charge is 2.14. The summed E-state index contributed by atoms with van der Waals surface area (Å²) < 4.78 is 10.1. The van der Waals surface area contributed by atoms with Crippen LogP contribution in [0, 0.1) is 0 Å². The van der Waals surface area contributed by atoms with Crippen molar-refractivity contribution in [3.8, 4) is 17.2 Å². The number of hydrogen-bond acceptors (Lipinski definition) is 4. The molecule has 3 N–H and O–H groups in total. The lowest BCUT2D eigenvalue weighted by atomic mass is 10.1. The van der Waals surface area contributed by atoms with Crippen LogP contribution in [0.4, 0.5) is 0 Å². The second-order valence-corrected chi connectivity index (χ2v) is 3.49. The van der Waals surface area contributed by atoms with Gasteiger partial charge in [0.1, 0.15) is 0 Å². The minimum atomic E-state index is -0.00555. The summed E-state index contributed by atoms with van der Waals surface area (Å²) in [6, 6.07) is 3.55. The normalized spacial score (nSPS) is 12.3. The molecule has 1 aromatic carbocycles. The van der Waals surface area contributed by atoms with Gasteiger partial charge in [0.05, 0.1) is 14.2 Å². The molecule has 0 fully saturated rings. The molecule has 0 saturated carbocycles. The number of ether oxygens (including phenoxy) is 2. The van der Waals surface area contributed by atoms with Gasteiger partial charge in [-0.1, -0.05) is 6.07 Å². The molecule has 0 aliphatic heterocycles. The SMILES string of the molecule is COc1ccc(CC(C)N)c(O)c1OC. The molecule has 0 aliphatic carbocycles. The van der Waals surface area contributed by atoms with Gasteiger partial charge >= 0.3 is 0 Å². The third-order valence-corrected chi connectivity index (χ3v) is 2.14. The van der Waals surface area contributed by atoms with E-state index >= 15 is 0 Å². The Hall–Kier alpha value is -1.42. The largest absolute Gasteiger partial charge is 0.504 e. The number of methoxy groups -OCH3 is 2. The molecule has 0 bridgehead atoms. The average molecular weight is 211 g/mol. The van der Waals surface area contributed by atoms with E-state index in [2.05, 4.69) is 0 Å². The first kappa shape index (κ1) is 11.7. The number of nitrogens with two attached hydrogens (primary N) is 1. The number of hydrogen-bond donors (Lipinski definition) is 2. The van der Waals surface area contributed by atoms with Gasteiger partial charge in [0, 0.05) is 6.04 Å². The van der Waals surface area contributed by atoms with Gasteiger partial charge in [-0.3, -0.25) is 0 Å². The lowest BCUT2D eigenvalue weighted by Gasteiger charge is -2.13. The maximum atomic E-state index is 9.89. The van der Waals surface area contributed by atoms with E-state index in [-0.39, 0.29) is 11.8 Å². The van der Waals surface area contributed by atoms with E-state index < -0.39 is 0 Å². The van der Waals surface area contributed by atoms with E-state index in [4.69, 9.17) is 15.2 Å². The predicted molar refractivity (Wildman–Crippen MR) is 58.6 cm³/mol. The molecule has 1 atom stereocenters. The van der Waals surface area contributed by atoms with Crippen molar-refractivity contribution in [2.24, 2.45) is 5.73 Å². The fraction of sp³-hybridized carbons (Fsp3) is 0.455. The minimum Gasteiger partial charge on any atom is -0.504 e. The second-order valence-electron chi connectivity index (χ2n) is 3.49. The van der Waals surface area contributed by atoms with Crippen molar-refractivity contribution in [2.45, 2.75) is 19.4 Å². The molecule has 0 spiro atoms. The van der Waals surface area contributed by atoms with Crippen LogP contribution in [0.1, 0.15) is 12.5 Å². The lowest BCUT2D eigenvalue weighted by molar-refractivity contribution is 0.331. The Morgan fingerprint density at radius 2 is 2.00 bits per heavy atom. The molecule has 1 aromatic rings. The molecule has 0 heterocycles. The van der Waals surface area contributed by atoms with E-state index in [9.17, 15) is 5.11 Å². The van der Waals surface area contributed by atoms with Crippen molar-refractivity contribution in [3.63, 3.8) is 0 Å². The van der Waals surface area contributed by atoms with E-state index in [1.807, 2.05) is 6.92 Å². The first-order valence-corrected chi connectivity index (χ1v) is 4.78. The second kappa shape index (κ2) is 4.89. The standard InChI is InChI=1S/C11H17NO3/c1-7(12)6-8-4-5-9(14-2)11(15-3)10(8)13/h4-5,7,13H,6,12H2,1-3H3. The maximum Gasteiger partial charge on any atom is 0.203 e. The Kier molecular flexibility index (Phi) is 3.80. The summed E-state index contributed by atoms with van der Waals surface area (Å²) in [5.41, 5.74) is 6.44. The van der Waals surface area contributed by atoms with Gasteiger partial charge in [-0.25, -0.2) is 0 Å². The van der Waals surface area contributed by atoms with Crippen LogP contribution in [0.3, 0.4) is 0 Å². The molecule has 4 nitrogen and oxygen atoms in total. The fourth-order valence-corrected chi connectivity index (χ4v) is 1.46. The van der Waals surface area contributed by atoms with Gasteiger partial charge < -0.3 is 20.3 Å². The van der Waals surface area contributed by atoms with Crippen molar-refractivity contribution in [1.82, 2.24) is 0 Å². The monoisotopic (exact) mass is 211 g/mol. The van der Waals surface area contributed by atoms with Gasteiger partial charge in [0.15, 0.2) is 11.5 Å². The molecule has 4 heteroatoms. The minimum absolute atomic E-state index is 0.00555. The number of aromatic hydroxyl groups is 1. The molecule has 0 aliphatic rings. The molecule has 0 aromatic heterocycles. The molecule has 0 radical (unpaired) electrons. The Bertz CT molecular complexity index is 337. The molecule has 1 rings (SSSR count). The van der Waals surface area contributed by atoms with Crippen LogP contribution in [0.5, 0.6) is 17.2 Å². The maximum absolute atomic E-state index is 9.89. The number of benzene rings is 1. The van der Waals surface area contributed by atoms with Crippen molar-refractivity contribution in [1.29, 1.82) is 0 Å². The predicted octanol–water partition coefficient (Wildman–Crippen LogP) is 1.30. The van der Waals surface area contributed by atoms with Gasteiger partial charge in [0.2, 0.25) is 5.75 Å². The Labute approximate surface area is 89.6 Å². The van der Waals surface area contributed by atoms with Crippen LogP contribution in [-0.2, 0) is 6.42 Å². The zero-order chi connectivity index (χ0) is 11.4. The van der Waals surface area contributed by atoms with Crippen LogP contribution in [0.15, 0.2) is 12.1 Å². The highest BCUT2D eigenvalue weighted by atomic mass is 16.5. The summed E-state index contributed by atoms with van der Waals surface area (Å²) in [6.07, 6.45) is 0.603. The van der Waals surface area contributed by atoms with Gasteiger partial charge in [-0.05, 0) is 25.0 Å². The summed E-state index contributed by atoms with van der Waals surface area (Å²) in [4.78, 5) is 0. The van der Waals surface area contributed by atoms with Crippen LogP contribution in [0.2, 0.25) is 0 Å². The summed E-state index contributed by atoms with van der Waals surface area (Å²) in [7, 11) is 3.02. The molecule has 15 heavy (non-hydrogen) atoms. The van der Waals surface area contributed by atoms with Crippen LogP contribution in [0.25, 0.3) is 0 Å². The highest BCUT2D eigenvalue weighted by Crippen LogP contribution is 2.39. The molecule has 0 amide bonds. The van der Waals surface area contributed by atoms with E-state index in [1.54, 1.807) is 12.1 Å². The summed E-state index contributed by atoms with van der Waals surface area (Å²) in [5, 5.41) is 9.89. The van der Waals surface area contributed by atoms with E-state index in [0.29, 0.717) is 17.9 Å². The van der Waals surface area contributed by atoms with Crippen LogP contribution >= 0.6 is 0 Å². The van der Waals surface area contributed by atoms with Crippen molar-refractivity contribution in [3.05, 3.63) is 17.7 Å². The van der Waals surface area contributed by atoms with Crippen LogP contribution < -0.4 is 15.2 Å². The Morgan fingerprint density at radius 1 is 1.33 bits per heavy atom. The van der Waals surface area contributed by atoms with Gasteiger partial charge in [0.25, 0.3) is 0 Å². The van der Waals surface area contributed by atoms with Crippen molar-refractivity contribution in [2.75, 3.05) is 14.2 Å². The zero-order valence-corrected chi connectivity index (χ0v) is 9.28. The third-order valence-electron chi connectivity index (χ3n) is 2.14. The van der Waals surface area contributed by atoms with Gasteiger partial charge in [-0.15, -0.1) is 0 Å². The molecule has 1 unspecified atom stereocenters. The van der Waals surface area contributed by atoms with Crippen molar-refractivity contribution < 1.29 is 14.6 Å². The Balaban J connectivity index is 3.11. The average Bonchev–Trinajstić information content (AvgIpc) is 2.20. The van der Waals surface area contributed by atoms with Gasteiger partial charge in [-0.2, -0.15) is 0 Å². The first-order chi connectivity index (χ1) is 7.10. The first-order valence-electron chi connectivity index (χ1n) is 4.78. The third kappa shape index (κ3) is 2.53. The fourth-order valence-electron chi connectivity index (χ4n) is 1.46. The number of rotatable bonds is 4. The summed E-state index contributed by atoms with van der Waals surface area (Å²) in [6.45, 7) is 1.89. The summed E-state index contributed by atoms with van der Waals surface area (Å²) in [5.74, 6) is 0.980. The summed E-state index contributed by atoms with van der Waals surface area (Å²) >= 11 is 0. The smallest absolute Gasteiger partial charge is 0.203 e. The quantitative estimate of drug-likeness (QED) is 0.787. The Morgan fingerprint density at radius 3 is 2.47 bits per heavy atom.